The average Bonchev–Trinajstić information content (AvgIpc) is 2.17. The maximum absolute atomic E-state index is 5.52. The summed E-state index contributed by atoms with van der Waals surface area (Å²) in [5.74, 6) is 0. The van der Waals surface area contributed by atoms with Crippen molar-refractivity contribution in [1.82, 2.24) is 5.32 Å². The predicted molar refractivity (Wildman–Crippen MR) is 58.0 cm³/mol. The third-order valence-electron chi connectivity index (χ3n) is 1.99. The van der Waals surface area contributed by atoms with Gasteiger partial charge in [-0.3, -0.25) is 5.32 Å². The van der Waals surface area contributed by atoms with Crippen LogP contribution < -0.4 is 5.32 Å². The van der Waals surface area contributed by atoms with Crippen LogP contribution in [0.15, 0.2) is 24.3 Å². The summed E-state index contributed by atoms with van der Waals surface area (Å²) in [6.07, 6.45) is 2.38. The monoisotopic (exact) mass is 197 g/mol. The Morgan fingerprint density at radius 1 is 1.15 bits per heavy atom. The molecule has 0 aliphatic carbocycles. The van der Waals surface area contributed by atoms with Crippen molar-refractivity contribution in [2.45, 2.75) is 26.3 Å². The minimum absolute atomic E-state index is 0.511. The first-order chi connectivity index (χ1) is 6.36. The number of alkyl halides is 1. The van der Waals surface area contributed by atoms with Crippen LogP contribution in [0.2, 0.25) is 0 Å². The number of nitrogens with one attached hydrogen (secondary N) is 1. The summed E-state index contributed by atoms with van der Waals surface area (Å²) in [4.78, 5) is 0. The molecule has 1 aromatic rings. The molecule has 0 saturated carbocycles. The zero-order chi connectivity index (χ0) is 9.52. The van der Waals surface area contributed by atoms with Crippen molar-refractivity contribution in [2.24, 2.45) is 0 Å². The number of halogens is 1. The molecule has 1 N–H and O–H groups in total. The lowest BCUT2D eigenvalue weighted by molar-refractivity contribution is 0.790. The second-order valence-corrected chi connectivity index (χ2v) is 3.39. The fourth-order valence-corrected chi connectivity index (χ4v) is 1.40. The molecule has 0 amide bonds. The van der Waals surface area contributed by atoms with E-state index >= 15 is 0 Å². The molecule has 0 atom stereocenters. The first-order valence-corrected chi connectivity index (χ1v) is 5.24. The summed E-state index contributed by atoms with van der Waals surface area (Å²) < 4.78 is 0. The van der Waals surface area contributed by atoms with Crippen molar-refractivity contribution >= 4 is 11.6 Å². The van der Waals surface area contributed by atoms with Gasteiger partial charge in [0.1, 0.15) is 0 Å². The summed E-state index contributed by atoms with van der Waals surface area (Å²) >= 11 is 5.52. The minimum atomic E-state index is 0.511. The van der Waals surface area contributed by atoms with Gasteiger partial charge in [-0.15, -0.1) is 11.6 Å². The molecule has 1 aromatic carbocycles. The lowest BCUT2D eigenvalue weighted by Gasteiger charge is -2.02. The van der Waals surface area contributed by atoms with E-state index in [1.807, 2.05) is 0 Å². The van der Waals surface area contributed by atoms with E-state index in [-0.39, 0.29) is 0 Å². The normalized spacial score (nSPS) is 10.3. The fourth-order valence-electron chi connectivity index (χ4n) is 1.30. The van der Waals surface area contributed by atoms with Crippen LogP contribution in [0.1, 0.15) is 24.5 Å². The third-order valence-corrected chi connectivity index (χ3v) is 2.17. The highest BCUT2D eigenvalue weighted by atomic mass is 35.5. The Morgan fingerprint density at radius 2 is 1.77 bits per heavy atom. The van der Waals surface area contributed by atoms with Crippen molar-refractivity contribution in [3.8, 4) is 0 Å². The molecular formula is C11H16ClN. The first kappa shape index (κ1) is 10.6. The van der Waals surface area contributed by atoms with Crippen LogP contribution in [0.3, 0.4) is 0 Å². The molecule has 0 radical (unpaired) electrons. The van der Waals surface area contributed by atoms with E-state index in [2.05, 4.69) is 36.5 Å². The zero-order valence-electron chi connectivity index (χ0n) is 8.02. The van der Waals surface area contributed by atoms with Crippen LogP contribution in [0.5, 0.6) is 0 Å². The van der Waals surface area contributed by atoms with E-state index in [0.717, 1.165) is 6.54 Å². The molecule has 72 valence electrons. The van der Waals surface area contributed by atoms with Crippen molar-refractivity contribution in [3.05, 3.63) is 35.4 Å². The van der Waals surface area contributed by atoms with Crippen molar-refractivity contribution in [3.63, 3.8) is 0 Å². The largest absolute Gasteiger partial charge is 0.300 e. The standard InChI is InChI=1S/C11H16ClN/c1-2-3-10-4-6-11(7-5-10)8-13-9-12/h4-7,13H,2-3,8-9H2,1H3. The van der Waals surface area contributed by atoms with E-state index in [1.54, 1.807) is 0 Å². The minimum Gasteiger partial charge on any atom is -0.300 e. The molecule has 0 unspecified atom stereocenters. The Morgan fingerprint density at radius 3 is 2.31 bits per heavy atom. The molecule has 0 saturated heterocycles. The summed E-state index contributed by atoms with van der Waals surface area (Å²) in [7, 11) is 0. The van der Waals surface area contributed by atoms with Gasteiger partial charge in [0.25, 0.3) is 0 Å². The number of rotatable bonds is 5. The molecule has 0 fully saturated rings. The number of hydrogen-bond donors (Lipinski definition) is 1. The summed E-state index contributed by atoms with van der Waals surface area (Å²) in [6, 6.07) is 9.20. The molecule has 0 spiro atoms. The smallest absolute Gasteiger partial charge is 0.0716 e. The average molecular weight is 198 g/mol. The van der Waals surface area contributed by atoms with Crippen LogP contribution in [0.25, 0.3) is 0 Å². The van der Waals surface area contributed by atoms with Gasteiger partial charge in [0.15, 0.2) is 0 Å². The quantitative estimate of drug-likeness (QED) is 0.566. The van der Waals surface area contributed by atoms with Gasteiger partial charge in [-0.2, -0.15) is 0 Å². The Labute approximate surface area is 85.1 Å². The van der Waals surface area contributed by atoms with Gasteiger partial charge in [0.2, 0.25) is 0 Å². The Hall–Kier alpha value is -0.530. The van der Waals surface area contributed by atoms with Crippen LogP contribution in [-0.2, 0) is 13.0 Å². The lowest BCUT2D eigenvalue weighted by Crippen LogP contribution is -2.09. The summed E-state index contributed by atoms with van der Waals surface area (Å²) in [5.41, 5.74) is 2.71. The third kappa shape index (κ3) is 3.79. The molecule has 0 heterocycles. The second-order valence-electron chi connectivity index (χ2n) is 3.13. The molecular weight excluding hydrogens is 182 g/mol. The maximum Gasteiger partial charge on any atom is 0.0716 e. The molecule has 13 heavy (non-hydrogen) atoms. The fraction of sp³-hybridized carbons (Fsp3) is 0.455. The van der Waals surface area contributed by atoms with E-state index in [4.69, 9.17) is 11.6 Å². The van der Waals surface area contributed by atoms with Crippen molar-refractivity contribution < 1.29 is 0 Å². The van der Waals surface area contributed by atoms with E-state index < -0.39 is 0 Å². The van der Waals surface area contributed by atoms with Gasteiger partial charge in [-0.05, 0) is 17.5 Å². The Kier molecular flexibility index (Phi) is 4.87. The summed E-state index contributed by atoms with van der Waals surface area (Å²) in [5, 5.41) is 3.08. The van der Waals surface area contributed by atoms with Gasteiger partial charge in [-0.25, -0.2) is 0 Å². The molecule has 0 aliphatic rings. The number of aryl methyl sites for hydroxylation is 1. The molecule has 1 rings (SSSR count). The molecule has 2 heteroatoms. The van der Waals surface area contributed by atoms with E-state index in [0.29, 0.717) is 6.00 Å². The van der Waals surface area contributed by atoms with Crippen LogP contribution in [-0.4, -0.2) is 6.00 Å². The van der Waals surface area contributed by atoms with Gasteiger partial charge < -0.3 is 0 Å². The Balaban J connectivity index is 2.48. The van der Waals surface area contributed by atoms with Crippen LogP contribution in [0.4, 0.5) is 0 Å². The summed E-state index contributed by atoms with van der Waals surface area (Å²) in [6.45, 7) is 3.05. The van der Waals surface area contributed by atoms with Gasteiger partial charge in [0, 0.05) is 6.54 Å². The SMILES string of the molecule is CCCc1ccc(CNCCl)cc1. The highest BCUT2D eigenvalue weighted by Gasteiger charge is 1.93. The maximum atomic E-state index is 5.52. The zero-order valence-corrected chi connectivity index (χ0v) is 8.77. The van der Waals surface area contributed by atoms with E-state index in [1.165, 1.54) is 24.0 Å². The number of hydrogen-bond acceptors (Lipinski definition) is 1. The van der Waals surface area contributed by atoms with Crippen molar-refractivity contribution in [2.75, 3.05) is 6.00 Å². The highest BCUT2D eigenvalue weighted by molar-refractivity contribution is 6.17. The predicted octanol–water partition coefficient (Wildman–Crippen LogP) is 2.93. The topological polar surface area (TPSA) is 12.0 Å². The Bertz CT molecular complexity index is 230. The molecule has 0 aromatic heterocycles. The molecule has 1 nitrogen and oxygen atoms in total. The van der Waals surface area contributed by atoms with Gasteiger partial charge >= 0.3 is 0 Å². The van der Waals surface area contributed by atoms with E-state index in [9.17, 15) is 0 Å². The van der Waals surface area contributed by atoms with Gasteiger partial charge in [0.05, 0.1) is 6.00 Å². The van der Waals surface area contributed by atoms with Crippen molar-refractivity contribution in [1.29, 1.82) is 0 Å². The molecule has 0 bridgehead atoms. The van der Waals surface area contributed by atoms with Crippen LogP contribution in [0, 0.1) is 0 Å². The number of benzene rings is 1. The van der Waals surface area contributed by atoms with Crippen LogP contribution >= 0.6 is 11.6 Å². The van der Waals surface area contributed by atoms with Gasteiger partial charge in [-0.1, -0.05) is 37.6 Å². The first-order valence-electron chi connectivity index (χ1n) is 4.71. The second kappa shape index (κ2) is 6.01. The lowest BCUT2D eigenvalue weighted by atomic mass is 10.1. The molecule has 0 aliphatic heterocycles. The highest BCUT2D eigenvalue weighted by Crippen LogP contribution is 2.06.